The Kier molecular flexibility index (Phi) is 8.09. The maximum Gasteiger partial charge on any atom is 0.316 e. The highest BCUT2D eigenvalue weighted by atomic mass is 79.9. The normalized spacial score (nSPS) is 10.8. The molecule has 0 bridgehead atoms. The Hall–Kier alpha value is -2.92. The van der Waals surface area contributed by atoms with Crippen LogP contribution in [0.25, 0.3) is 0 Å². The first-order valence-electron chi connectivity index (χ1n) is 10.1. The molecule has 0 aliphatic heterocycles. The Bertz CT molecular complexity index is 1150. The van der Waals surface area contributed by atoms with Crippen LogP contribution in [0.2, 0.25) is 5.02 Å². The fourth-order valence-electron chi connectivity index (χ4n) is 3.02. The monoisotopic (exact) mass is 538 g/mol. The number of benzene rings is 1. The Morgan fingerprint density at radius 2 is 1.82 bits per heavy atom. The molecule has 0 saturated heterocycles. The van der Waals surface area contributed by atoms with E-state index in [2.05, 4.69) is 41.8 Å². The van der Waals surface area contributed by atoms with Crippen molar-refractivity contribution in [2.24, 2.45) is 0 Å². The number of aryl methyl sites for hydroxylation is 3. The van der Waals surface area contributed by atoms with Gasteiger partial charge in [-0.2, -0.15) is 10.1 Å². The highest BCUT2D eigenvalue weighted by Crippen LogP contribution is 2.25. The van der Waals surface area contributed by atoms with E-state index in [1.807, 2.05) is 27.7 Å². The van der Waals surface area contributed by atoms with E-state index in [4.69, 9.17) is 20.9 Å². The van der Waals surface area contributed by atoms with Crippen molar-refractivity contribution in [1.82, 2.24) is 30.6 Å². The summed E-state index contributed by atoms with van der Waals surface area (Å²) in [6.45, 7) is 8.06. The molecule has 176 valence electrons. The van der Waals surface area contributed by atoms with Gasteiger partial charge in [0.05, 0.1) is 15.9 Å². The van der Waals surface area contributed by atoms with E-state index < -0.39 is 5.91 Å². The third kappa shape index (κ3) is 6.32. The number of hydrogen-bond acceptors (Lipinski definition) is 7. The van der Waals surface area contributed by atoms with Crippen molar-refractivity contribution in [3.05, 3.63) is 55.9 Å². The third-order valence-electron chi connectivity index (χ3n) is 4.76. The van der Waals surface area contributed by atoms with E-state index in [-0.39, 0.29) is 38.0 Å². The highest BCUT2D eigenvalue weighted by Gasteiger charge is 2.17. The van der Waals surface area contributed by atoms with Crippen LogP contribution >= 0.6 is 27.5 Å². The Balaban J connectivity index is 1.40. The Morgan fingerprint density at radius 1 is 1.15 bits per heavy atom. The summed E-state index contributed by atoms with van der Waals surface area (Å²) in [5, 5.41) is 14.2. The molecule has 10 nitrogen and oxygen atoms in total. The summed E-state index contributed by atoms with van der Waals surface area (Å²) >= 11 is 9.59. The lowest BCUT2D eigenvalue weighted by Crippen LogP contribution is -2.36. The van der Waals surface area contributed by atoms with Gasteiger partial charge in [-0.1, -0.05) is 16.8 Å². The summed E-state index contributed by atoms with van der Waals surface area (Å²) in [7, 11) is 0. The molecule has 12 heteroatoms. The summed E-state index contributed by atoms with van der Waals surface area (Å²) in [6.07, 6.45) is 0. The minimum absolute atomic E-state index is 0.149. The molecule has 0 aliphatic carbocycles. The molecule has 3 aromatic rings. The van der Waals surface area contributed by atoms with Crippen molar-refractivity contribution >= 4 is 39.3 Å². The molecular weight excluding hydrogens is 516 g/mol. The lowest BCUT2D eigenvalue weighted by Gasteiger charge is -2.10. The molecule has 0 fully saturated rings. The second-order valence-electron chi connectivity index (χ2n) is 7.42. The average Bonchev–Trinajstić information content (AvgIpc) is 3.34. The van der Waals surface area contributed by atoms with E-state index in [0.29, 0.717) is 16.6 Å². The second-order valence-corrected chi connectivity index (χ2v) is 8.59. The van der Waals surface area contributed by atoms with Gasteiger partial charge in [-0.15, -0.1) is 0 Å². The van der Waals surface area contributed by atoms with Gasteiger partial charge in [-0.3, -0.25) is 14.3 Å². The summed E-state index contributed by atoms with van der Waals surface area (Å²) in [5.41, 5.74) is 3.52. The maximum atomic E-state index is 12.2. The number of nitrogens with one attached hydrogen (secondary N) is 2. The molecule has 1 aromatic carbocycles. The Morgan fingerprint density at radius 3 is 2.45 bits per heavy atom. The van der Waals surface area contributed by atoms with E-state index in [0.717, 1.165) is 27.0 Å². The standard InChI is InChI=1S/C21H24BrClN6O4/c1-11-7-15(8-12(2)19(11)23)32-10-17(30)24-5-6-25-20(31)21-26-16(28-33-21)9-29-14(4)18(22)13(3)27-29/h7-8H,5-6,9-10H2,1-4H3,(H,24,30)(H,25,31). The largest absolute Gasteiger partial charge is 0.484 e. The minimum atomic E-state index is -0.527. The molecule has 2 heterocycles. The van der Waals surface area contributed by atoms with Gasteiger partial charge in [0, 0.05) is 18.1 Å². The van der Waals surface area contributed by atoms with Gasteiger partial charge in [-0.05, 0) is 66.9 Å². The van der Waals surface area contributed by atoms with Crippen molar-refractivity contribution in [1.29, 1.82) is 0 Å². The quantitative estimate of drug-likeness (QED) is 0.401. The fourth-order valence-corrected chi connectivity index (χ4v) is 3.41. The number of aromatic nitrogens is 4. The van der Waals surface area contributed by atoms with Gasteiger partial charge in [0.15, 0.2) is 12.4 Å². The number of nitrogens with zero attached hydrogens (tertiary/aromatic N) is 4. The molecule has 0 spiro atoms. The summed E-state index contributed by atoms with van der Waals surface area (Å²) in [4.78, 5) is 28.3. The summed E-state index contributed by atoms with van der Waals surface area (Å²) in [6, 6.07) is 3.55. The zero-order valence-corrected chi connectivity index (χ0v) is 21.0. The van der Waals surface area contributed by atoms with Crippen molar-refractivity contribution in [3.63, 3.8) is 0 Å². The van der Waals surface area contributed by atoms with Crippen LogP contribution in [-0.2, 0) is 11.3 Å². The van der Waals surface area contributed by atoms with Crippen molar-refractivity contribution in [2.45, 2.75) is 34.2 Å². The summed E-state index contributed by atoms with van der Waals surface area (Å²) < 4.78 is 13.2. The number of carbonyl (C=O) groups excluding carboxylic acids is 2. The molecule has 0 atom stereocenters. The van der Waals surface area contributed by atoms with Gasteiger partial charge in [0.25, 0.3) is 5.91 Å². The van der Waals surface area contributed by atoms with Crippen LogP contribution in [0.1, 0.15) is 39.0 Å². The topological polar surface area (TPSA) is 124 Å². The van der Waals surface area contributed by atoms with E-state index >= 15 is 0 Å². The number of carbonyl (C=O) groups is 2. The van der Waals surface area contributed by atoms with E-state index in [1.165, 1.54) is 0 Å². The minimum Gasteiger partial charge on any atom is -0.484 e. The molecular formula is C21H24BrClN6O4. The van der Waals surface area contributed by atoms with Crippen LogP contribution < -0.4 is 15.4 Å². The zero-order chi connectivity index (χ0) is 24.1. The first-order valence-corrected chi connectivity index (χ1v) is 11.3. The van der Waals surface area contributed by atoms with Crippen LogP contribution in [0.5, 0.6) is 5.75 Å². The molecule has 0 aliphatic rings. The smallest absolute Gasteiger partial charge is 0.316 e. The van der Waals surface area contributed by atoms with Gasteiger partial charge >= 0.3 is 11.8 Å². The second kappa shape index (κ2) is 10.8. The van der Waals surface area contributed by atoms with Gasteiger partial charge < -0.3 is 19.9 Å². The van der Waals surface area contributed by atoms with Crippen LogP contribution in [0.4, 0.5) is 0 Å². The number of ether oxygens (including phenoxy) is 1. The van der Waals surface area contributed by atoms with Crippen LogP contribution in [0.3, 0.4) is 0 Å². The predicted octanol–water partition coefficient (Wildman–Crippen LogP) is 2.89. The van der Waals surface area contributed by atoms with Crippen LogP contribution in [-0.4, -0.2) is 51.4 Å². The van der Waals surface area contributed by atoms with Crippen LogP contribution in [0.15, 0.2) is 21.1 Å². The molecule has 0 unspecified atom stereocenters. The fraction of sp³-hybridized carbons (Fsp3) is 0.381. The molecule has 2 aromatic heterocycles. The zero-order valence-electron chi connectivity index (χ0n) is 18.7. The highest BCUT2D eigenvalue weighted by molar-refractivity contribution is 9.10. The van der Waals surface area contributed by atoms with Crippen molar-refractivity contribution < 1.29 is 18.8 Å². The number of amides is 2. The SMILES string of the molecule is Cc1cc(OCC(=O)NCCNC(=O)c2nc(Cn3nc(C)c(Br)c3C)no2)cc(C)c1Cl. The average molecular weight is 540 g/mol. The molecule has 2 N–H and O–H groups in total. The summed E-state index contributed by atoms with van der Waals surface area (Å²) in [5.74, 6) is -0.102. The number of rotatable bonds is 9. The van der Waals surface area contributed by atoms with Crippen LogP contribution in [0, 0.1) is 27.7 Å². The molecule has 3 rings (SSSR count). The number of halogens is 2. The lowest BCUT2D eigenvalue weighted by molar-refractivity contribution is -0.123. The van der Waals surface area contributed by atoms with Gasteiger partial charge in [0.1, 0.15) is 12.3 Å². The number of hydrogen-bond donors (Lipinski definition) is 2. The van der Waals surface area contributed by atoms with Crippen molar-refractivity contribution in [3.8, 4) is 5.75 Å². The molecule has 0 saturated carbocycles. The molecule has 0 radical (unpaired) electrons. The maximum absolute atomic E-state index is 12.2. The lowest BCUT2D eigenvalue weighted by atomic mass is 10.1. The van der Waals surface area contributed by atoms with Gasteiger partial charge in [-0.25, -0.2) is 0 Å². The third-order valence-corrected chi connectivity index (χ3v) is 6.50. The first-order chi connectivity index (χ1) is 15.7. The molecule has 33 heavy (non-hydrogen) atoms. The Labute approximate surface area is 204 Å². The molecule has 2 amide bonds. The first kappa shape index (κ1) is 24.7. The van der Waals surface area contributed by atoms with E-state index in [9.17, 15) is 9.59 Å². The van der Waals surface area contributed by atoms with E-state index in [1.54, 1.807) is 16.8 Å². The predicted molar refractivity (Wildman–Crippen MR) is 125 cm³/mol. The van der Waals surface area contributed by atoms with Crippen molar-refractivity contribution in [2.75, 3.05) is 19.7 Å². The van der Waals surface area contributed by atoms with Gasteiger partial charge in [0.2, 0.25) is 0 Å².